The lowest BCUT2D eigenvalue weighted by molar-refractivity contribution is 0.318. The Hall–Kier alpha value is -2.14. The highest BCUT2D eigenvalue weighted by molar-refractivity contribution is 7.18. The van der Waals surface area contributed by atoms with Gasteiger partial charge in [-0.1, -0.05) is 26.0 Å². The zero-order chi connectivity index (χ0) is 17.4. The highest BCUT2D eigenvalue weighted by Gasteiger charge is 2.23. The molecule has 0 fully saturated rings. The van der Waals surface area contributed by atoms with Crippen molar-refractivity contribution in [1.82, 2.24) is 9.97 Å². The maximum absolute atomic E-state index is 12.8. The van der Waals surface area contributed by atoms with Crippen molar-refractivity contribution < 1.29 is 4.74 Å². The Morgan fingerprint density at radius 3 is 3.04 bits per heavy atom. The summed E-state index contributed by atoms with van der Waals surface area (Å²) in [5.41, 5.74) is 2.03. The summed E-state index contributed by atoms with van der Waals surface area (Å²) in [4.78, 5) is 22.7. The minimum atomic E-state index is -0.0302. The van der Waals surface area contributed by atoms with Crippen molar-refractivity contribution in [1.29, 1.82) is 0 Å². The van der Waals surface area contributed by atoms with E-state index in [1.807, 2.05) is 24.3 Å². The molecule has 0 aliphatic heterocycles. The minimum absolute atomic E-state index is 0.0302. The van der Waals surface area contributed by atoms with Crippen LogP contribution < -0.4 is 10.3 Å². The zero-order valence-electron chi connectivity index (χ0n) is 14.6. The van der Waals surface area contributed by atoms with Crippen molar-refractivity contribution in [2.75, 3.05) is 6.61 Å². The predicted molar refractivity (Wildman–Crippen MR) is 103 cm³/mol. The maximum Gasteiger partial charge on any atom is 0.260 e. The number of hydrogen-bond donors (Lipinski definition) is 1. The Bertz CT molecular complexity index is 973. The quantitative estimate of drug-likeness (QED) is 0.747. The first-order valence-corrected chi connectivity index (χ1v) is 9.75. The number of benzene rings is 1. The van der Waals surface area contributed by atoms with Crippen molar-refractivity contribution in [3.63, 3.8) is 0 Å². The molecule has 5 heteroatoms. The highest BCUT2D eigenvalue weighted by Crippen LogP contribution is 2.36. The molecule has 4 rings (SSSR count). The van der Waals surface area contributed by atoms with E-state index in [4.69, 9.17) is 9.72 Å². The van der Waals surface area contributed by atoms with Crippen LogP contribution in [0.25, 0.3) is 21.6 Å². The second-order valence-electron chi connectivity index (χ2n) is 6.79. The largest absolute Gasteiger partial charge is 0.493 e. The number of ether oxygens (including phenoxy) is 1. The topological polar surface area (TPSA) is 55.0 Å². The summed E-state index contributed by atoms with van der Waals surface area (Å²) < 4.78 is 5.83. The van der Waals surface area contributed by atoms with Crippen molar-refractivity contribution in [2.45, 2.75) is 39.5 Å². The summed E-state index contributed by atoms with van der Waals surface area (Å²) in [6.07, 6.45) is 4.12. The third-order valence-corrected chi connectivity index (χ3v) is 5.92. The molecule has 0 radical (unpaired) electrons. The molecule has 1 unspecified atom stereocenters. The van der Waals surface area contributed by atoms with Crippen LogP contribution in [0.3, 0.4) is 0 Å². The zero-order valence-corrected chi connectivity index (χ0v) is 15.4. The van der Waals surface area contributed by atoms with Gasteiger partial charge in [0.2, 0.25) is 0 Å². The Labute approximate surface area is 150 Å². The molecule has 0 saturated carbocycles. The van der Waals surface area contributed by atoms with E-state index in [0.29, 0.717) is 18.3 Å². The second kappa shape index (κ2) is 6.64. The number of H-pyrrole nitrogens is 1. The van der Waals surface area contributed by atoms with E-state index in [0.717, 1.165) is 47.2 Å². The standard InChI is InChI=1S/C20H22N2O2S/c1-3-10-24-15-7-5-4-6-13(15)18-21-19(23)17-14-9-8-12(2)11-16(14)25-20(17)22-18/h4-7,12H,3,8-11H2,1-2H3,(H,21,22,23). The summed E-state index contributed by atoms with van der Waals surface area (Å²) in [7, 11) is 0. The summed E-state index contributed by atoms with van der Waals surface area (Å²) in [5.74, 6) is 2.04. The lowest BCUT2D eigenvalue weighted by Crippen LogP contribution is -2.13. The van der Waals surface area contributed by atoms with Crippen molar-refractivity contribution >= 4 is 21.6 Å². The third kappa shape index (κ3) is 2.97. The molecule has 1 atom stereocenters. The molecule has 2 heterocycles. The number of para-hydroxylation sites is 1. The van der Waals surface area contributed by atoms with Crippen molar-refractivity contribution in [3.8, 4) is 17.1 Å². The molecule has 0 spiro atoms. The molecule has 3 aromatic rings. The Kier molecular flexibility index (Phi) is 4.34. The number of nitrogens with one attached hydrogen (secondary N) is 1. The van der Waals surface area contributed by atoms with Gasteiger partial charge in [-0.3, -0.25) is 4.79 Å². The third-order valence-electron chi connectivity index (χ3n) is 4.77. The van der Waals surface area contributed by atoms with E-state index < -0.39 is 0 Å². The monoisotopic (exact) mass is 354 g/mol. The molecule has 1 aromatic carbocycles. The van der Waals surface area contributed by atoms with Crippen LogP contribution in [0.4, 0.5) is 0 Å². The van der Waals surface area contributed by atoms with Crippen molar-refractivity contribution in [3.05, 3.63) is 45.1 Å². The number of thiophene rings is 1. The average molecular weight is 354 g/mol. The van der Waals surface area contributed by atoms with Gasteiger partial charge < -0.3 is 9.72 Å². The molecule has 0 saturated heterocycles. The van der Waals surface area contributed by atoms with Crippen LogP contribution in [0.15, 0.2) is 29.1 Å². The predicted octanol–water partition coefficient (Wildman–Crippen LogP) is 4.57. The first-order valence-electron chi connectivity index (χ1n) is 8.94. The van der Waals surface area contributed by atoms with Gasteiger partial charge in [0, 0.05) is 4.88 Å². The Morgan fingerprint density at radius 1 is 1.36 bits per heavy atom. The maximum atomic E-state index is 12.8. The Balaban J connectivity index is 1.84. The molecule has 4 nitrogen and oxygen atoms in total. The fourth-order valence-electron chi connectivity index (χ4n) is 3.48. The number of fused-ring (bicyclic) bond motifs is 3. The number of hydrogen-bond acceptors (Lipinski definition) is 4. The molecule has 2 aromatic heterocycles. The lowest BCUT2D eigenvalue weighted by Gasteiger charge is -2.17. The molecular weight excluding hydrogens is 332 g/mol. The molecule has 0 amide bonds. The van der Waals surface area contributed by atoms with Crippen LogP contribution in [-0.4, -0.2) is 16.6 Å². The Morgan fingerprint density at radius 2 is 2.20 bits per heavy atom. The minimum Gasteiger partial charge on any atom is -0.493 e. The van der Waals surface area contributed by atoms with Gasteiger partial charge in [0.05, 0.1) is 17.6 Å². The summed E-state index contributed by atoms with van der Waals surface area (Å²) >= 11 is 1.68. The molecule has 0 bridgehead atoms. The average Bonchev–Trinajstić information content (AvgIpc) is 2.97. The number of aromatic nitrogens is 2. The van der Waals surface area contributed by atoms with Crippen LogP contribution in [0, 0.1) is 5.92 Å². The molecule has 1 N–H and O–H groups in total. The van der Waals surface area contributed by atoms with E-state index >= 15 is 0 Å². The van der Waals surface area contributed by atoms with Gasteiger partial charge in [-0.15, -0.1) is 11.3 Å². The van der Waals surface area contributed by atoms with E-state index in [9.17, 15) is 4.79 Å². The molecule has 130 valence electrons. The van der Waals surface area contributed by atoms with Gasteiger partial charge in [-0.2, -0.15) is 0 Å². The lowest BCUT2D eigenvalue weighted by atomic mass is 9.89. The fraction of sp³-hybridized carbons (Fsp3) is 0.400. The second-order valence-corrected chi connectivity index (χ2v) is 7.87. The molecule has 1 aliphatic rings. The van der Waals surface area contributed by atoms with Crippen LogP contribution in [-0.2, 0) is 12.8 Å². The van der Waals surface area contributed by atoms with E-state index in [2.05, 4.69) is 18.8 Å². The van der Waals surface area contributed by atoms with E-state index in [-0.39, 0.29) is 5.56 Å². The number of aromatic amines is 1. The highest BCUT2D eigenvalue weighted by atomic mass is 32.1. The normalized spacial score (nSPS) is 16.8. The van der Waals surface area contributed by atoms with Crippen LogP contribution in [0.5, 0.6) is 5.75 Å². The first kappa shape index (κ1) is 16.3. The van der Waals surface area contributed by atoms with Crippen LogP contribution >= 0.6 is 11.3 Å². The number of aryl methyl sites for hydroxylation is 1. The van der Waals surface area contributed by atoms with Gasteiger partial charge in [-0.05, 0) is 49.3 Å². The smallest absolute Gasteiger partial charge is 0.260 e. The molecular formula is C20H22N2O2S. The summed E-state index contributed by atoms with van der Waals surface area (Å²) in [6.45, 7) is 5.00. The first-order chi connectivity index (χ1) is 12.2. The van der Waals surface area contributed by atoms with Crippen LogP contribution in [0.1, 0.15) is 37.1 Å². The van der Waals surface area contributed by atoms with Gasteiger partial charge >= 0.3 is 0 Å². The van der Waals surface area contributed by atoms with Gasteiger partial charge in [0.15, 0.2) is 0 Å². The SMILES string of the molecule is CCCOc1ccccc1-c1nc2sc3c(c2c(=O)[nH]1)CCC(C)C3. The van der Waals surface area contributed by atoms with Gasteiger partial charge in [0.1, 0.15) is 16.4 Å². The van der Waals surface area contributed by atoms with Gasteiger partial charge in [0.25, 0.3) is 5.56 Å². The summed E-state index contributed by atoms with van der Waals surface area (Å²) in [5, 5.41) is 0.794. The van der Waals surface area contributed by atoms with E-state index in [1.54, 1.807) is 11.3 Å². The van der Waals surface area contributed by atoms with Crippen LogP contribution in [0.2, 0.25) is 0 Å². The number of nitrogens with zero attached hydrogens (tertiary/aromatic N) is 1. The number of rotatable bonds is 4. The summed E-state index contributed by atoms with van der Waals surface area (Å²) in [6, 6.07) is 7.76. The van der Waals surface area contributed by atoms with E-state index in [1.165, 1.54) is 10.4 Å². The molecule has 1 aliphatic carbocycles. The fourth-order valence-corrected chi connectivity index (χ4v) is 4.86. The van der Waals surface area contributed by atoms with Gasteiger partial charge in [-0.25, -0.2) is 4.98 Å². The molecule has 25 heavy (non-hydrogen) atoms. The van der Waals surface area contributed by atoms with Crippen molar-refractivity contribution in [2.24, 2.45) is 5.92 Å².